The van der Waals surface area contributed by atoms with Crippen molar-refractivity contribution in [1.29, 1.82) is 0 Å². The van der Waals surface area contributed by atoms with Crippen LogP contribution in [0.4, 0.5) is 17.1 Å². The van der Waals surface area contributed by atoms with E-state index in [4.69, 9.17) is 5.73 Å². The number of aromatic hydroxyl groups is 1. The van der Waals surface area contributed by atoms with Gasteiger partial charge in [-0.25, -0.2) is 0 Å². The molecule has 0 spiro atoms. The third-order valence-corrected chi connectivity index (χ3v) is 3.49. The molecule has 0 aliphatic heterocycles. The Kier molecular flexibility index (Phi) is 5.53. The molecule has 0 bridgehead atoms. The highest BCUT2D eigenvalue weighted by atomic mass is 16.3. The van der Waals surface area contributed by atoms with Crippen LogP contribution in [-0.2, 0) is 12.8 Å². The molecule has 4 nitrogen and oxygen atoms in total. The lowest BCUT2D eigenvalue weighted by Gasteiger charge is -2.11. The number of azo groups is 1. The van der Waals surface area contributed by atoms with Crippen molar-refractivity contribution in [2.24, 2.45) is 10.2 Å². The molecule has 0 unspecified atom stereocenters. The Hall–Kier alpha value is -2.36. The third-order valence-electron chi connectivity index (χ3n) is 3.49. The summed E-state index contributed by atoms with van der Waals surface area (Å²) in [5, 5.41) is 18.0. The van der Waals surface area contributed by atoms with Gasteiger partial charge in [0, 0.05) is 11.8 Å². The first-order valence-corrected chi connectivity index (χ1v) is 7.76. The predicted molar refractivity (Wildman–Crippen MR) is 91.1 cm³/mol. The summed E-state index contributed by atoms with van der Waals surface area (Å²) in [6.07, 6.45) is 3.97. The summed E-state index contributed by atoms with van der Waals surface area (Å²) in [7, 11) is 0. The van der Waals surface area contributed by atoms with Gasteiger partial charge in [0.15, 0.2) is 0 Å². The lowest BCUT2D eigenvalue weighted by molar-refractivity contribution is 0.475. The van der Waals surface area contributed by atoms with Crippen molar-refractivity contribution in [3.63, 3.8) is 0 Å². The Bertz CT molecular complexity index is 638. The van der Waals surface area contributed by atoms with Gasteiger partial charge in [0.1, 0.15) is 5.75 Å². The summed E-state index contributed by atoms with van der Waals surface area (Å²) in [6.45, 7) is 4.28. The number of aryl methyl sites for hydroxylation is 2. The number of hydrogen-bond donors (Lipinski definition) is 2. The van der Waals surface area contributed by atoms with E-state index >= 15 is 0 Å². The van der Waals surface area contributed by atoms with E-state index in [0.717, 1.165) is 48.2 Å². The lowest BCUT2D eigenvalue weighted by Crippen LogP contribution is -2.00. The number of nitrogen functional groups attached to an aromatic ring is 1. The fourth-order valence-corrected chi connectivity index (χ4v) is 2.44. The zero-order valence-electron chi connectivity index (χ0n) is 13.2. The fourth-order valence-electron chi connectivity index (χ4n) is 2.44. The van der Waals surface area contributed by atoms with E-state index in [-0.39, 0.29) is 5.75 Å². The summed E-state index contributed by atoms with van der Waals surface area (Å²) >= 11 is 0. The first-order chi connectivity index (χ1) is 10.6. The normalized spacial score (nSPS) is 11.2. The molecule has 0 fully saturated rings. The Morgan fingerprint density at radius 2 is 1.50 bits per heavy atom. The summed E-state index contributed by atoms with van der Waals surface area (Å²) < 4.78 is 0. The average molecular weight is 297 g/mol. The zero-order valence-corrected chi connectivity index (χ0v) is 13.2. The maximum atomic E-state index is 9.46. The standard InChI is InChI=1S/C18H23N3O/c1-3-6-13-10-16(11-14(7-4-2)18(13)19)21-20-15-8-5-9-17(22)12-15/h5,8-12,22H,3-4,6-7,19H2,1-2H3. The van der Waals surface area contributed by atoms with Crippen LogP contribution in [-0.4, -0.2) is 5.11 Å². The van der Waals surface area contributed by atoms with E-state index in [1.165, 1.54) is 0 Å². The molecule has 2 aromatic carbocycles. The Balaban J connectivity index is 2.33. The van der Waals surface area contributed by atoms with Gasteiger partial charge in [-0.2, -0.15) is 10.2 Å². The van der Waals surface area contributed by atoms with E-state index in [9.17, 15) is 5.11 Å². The molecule has 22 heavy (non-hydrogen) atoms. The van der Waals surface area contributed by atoms with Crippen LogP contribution in [0.25, 0.3) is 0 Å². The molecule has 0 aliphatic carbocycles. The van der Waals surface area contributed by atoms with Crippen molar-refractivity contribution in [3.05, 3.63) is 47.5 Å². The van der Waals surface area contributed by atoms with E-state index in [0.29, 0.717) is 5.69 Å². The van der Waals surface area contributed by atoms with Gasteiger partial charge in [-0.1, -0.05) is 32.8 Å². The summed E-state index contributed by atoms with van der Waals surface area (Å²) in [5.41, 5.74) is 10.8. The van der Waals surface area contributed by atoms with Crippen LogP contribution in [0.5, 0.6) is 5.75 Å². The van der Waals surface area contributed by atoms with Crippen molar-refractivity contribution in [2.45, 2.75) is 39.5 Å². The number of benzene rings is 2. The summed E-state index contributed by atoms with van der Waals surface area (Å²) in [6, 6.07) is 10.8. The number of phenolic OH excluding ortho intramolecular Hbond substituents is 1. The Morgan fingerprint density at radius 1 is 0.909 bits per heavy atom. The van der Waals surface area contributed by atoms with E-state index in [1.54, 1.807) is 24.3 Å². The van der Waals surface area contributed by atoms with Crippen molar-refractivity contribution in [2.75, 3.05) is 5.73 Å². The molecule has 0 aromatic heterocycles. The topological polar surface area (TPSA) is 71.0 Å². The Morgan fingerprint density at radius 3 is 2.05 bits per heavy atom. The van der Waals surface area contributed by atoms with Gasteiger partial charge in [-0.15, -0.1) is 0 Å². The molecule has 0 atom stereocenters. The van der Waals surface area contributed by atoms with Crippen LogP contribution in [0.15, 0.2) is 46.6 Å². The molecule has 0 saturated heterocycles. The minimum atomic E-state index is 0.187. The summed E-state index contributed by atoms with van der Waals surface area (Å²) in [4.78, 5) is 0. The predicted octanol–water partition coefficient (Wildman–Crippen LogP) is 5.29. The molecule has 116 valence electrons. The quantitative estimate of drug-likeness (QED) is 0.561. The maximum Gasteiger partial charge on any atom is 0.117 e. The van der Waals surface area contributed by atoms with Gasteiger partial charge >= 0.3 is 0 Å². The highest BCUT2D eigenvalue weighted by molar-refractivity contribution is 5.61. The van der Waals surface area contributed by atoms with Crippen molar-refractivity contribution in [1.82, 2.24) is 0 Å². The molecule has 2 rings (SSSR count). The molecule has 0 heterocycles. The number of nitrogens with zero attached hydrogens (tertiary/aromatic N) is 2. The second kappa shape index (κ2) is 7.59. The minimum absolute atomic E-state index is 0.187. The molecular weight excluding hydrogens is 274 g/mol. The van der Waals surface area contributed by atoms with Gasteiger partial charge in [0.05, 0.1) is 11.4 Å². The number of nitrogens with two attached hydrogens (primary N) is 1. The molecule has 2 aromatic rings. The molecule has 0 saturated carbocycles. The lowest BCUT2D eigenvalue weighted by atomic mass is 9.99. The van der Waals surface area contributed by atoms with Gasteiger partial charge in [0.25, 0.3) is 0 Å². The van der Waals surface area contributed by atoms with Crippen LogP contribution in [0.3, 0.4) is 0 Å². The Labute approximate surface area is 131 Å². The van der Waals surface area contributed by atoms with E-state index < -0.39 is 0 Å². The monoisotopic (exact) mass is 297 g/mol. The van der Waals surface area contributed by atoms with Gasteiger partial charge in [0.2, 0.25) is 0 Å². The molecule has 0 amide bonds. The minimum Gasteiger partial charge on any atom is -0.508 e. The second-order valence-corrected chi connectivity index (χ2v) is 5.40. The van der Waals surface area contributed by atoms with Gasteiger partial charge in [-0.3, -0.25) is 0 Å². The third kappa shape index (κ3) is 4.07. The number of rotatable bonds is 6. The fraction of sp³-hybridized carbons (Fsp3) is 0.333. The molecular formula is C18H23N3O. The van der Waals surface area contributed by atoms with E-state index in [2.05, 4.69) is 24.1 Å². The number of hydrogen-bond acceptors (Lipinski definition) is 4. The second-order valence-electron chi connectivity index (χ2n) is 5.40. The highest BCUT2D eigenvalue weighted by Crippen LogP contribution is 2.29. The van der Waals surface area contributed by atoms with Crippen molar-refractivity contribution in [3.8, 4) is 5.75 Å². The van der Waals surface area contributed by atoms with Crippen LogP contribution in [0.2, 0.25) is 0 Å². The van der Waals surface area contributed by atoms with E-state index in [1.807, 2.05) is 12.1 Å². The SMILES string of the molecule is CCCc1cc(N=Nc2cccc(O)c2)cc(CCC)c1N. The molecule has 0 radical (unpaired) electrons. The first kappa shape index (κ1) is 16.0. The first-order valence-electron chi connectivity index (χ1n) is 7.76. The van der Waals surface area contributed by atoms with Crippen LogP contribution in [0, 0.1) is 0 Å². The van der Waals surface area contributed by atoms with Crippen LogP contribution < -0.4 is 5.73 Å². The van der Waals surface area contributed by atoms with Crippen molar-refractivity contribution >= 4 is 17.1 Å². The molecule has 3 N–H and O–H groups in total. The average Bonchev–Trinajstić information content (AvgIpc) is 2.50. The number of phenols is 1. The maximum absolute atomic E-state index is 9.46. The van der Waals surface area contributed by atoms with Gasteiger partial charge in [-0.05, 0) is 48.2 Å². The summed E-state index contributed by atoms with van der Waals surface area (Å²) in [5.74, 6) is 0.187. The van der Waals surface area contributed by atoms with Crippen molar-refractivity contribution < 1.29 is 5.11 Å². The largest absolute Gasteiger partial charge is 0.508 e. The molecule has 0 aliphatic rings. The highest BCUT2D eigenvalue weighted by Gasteiger charge is 2.07. The molecule has 4 heteroatoms. The van der Waals surface area contributed by atoms with Gasteiger partial charge < -0.3 is 10.8 Å². The number of anilines is 1. The van der Waals surface area contributed by atoms with Crippen LogP contribution in [0.1, 0.15) is 37.8 Å². The smallest absolute Gasteiger partial charge is 0.117 e. The zero-order chi connectivity index (χ0) is 15.9. The van der Waals surface area contributed by atoms with Crippen LogP contribution >= 0.6 is 0 Å².